The van der Waals surface area contributed by atoms with Gasteiger partial charge in [0.2, 0.25) is 11.8 Å². The molecule has 1 saturated heterocycles. The molecule has 1 aromatic rings. The zero-order valence-electron chi connectivity index (χ0n) is 22.5. The first-order valence-corrected chi connectivity index (χ1v) is 13.1. The maximum Gasteiger partial charge on any atom is 0.225 e. The largest absolute Gasteiger partial charge is 0.355 e. The summed E-state index contributed by atoms with van der Waals surface area (Å²) in [5.74, 6) is 0.257. The van der Waals surface area contributed by atoms with Gasteiger partial charge in [0.1, 0.15) is 6.34 Å². The Labute approximate surface area is 216 Å². The van der Waals surface area contributed by atoms with Crippen molar-refractivity contribution in [2.24, 2.45) is 20.8 Å². The average molecular weight is 494 g/mol. The molecule has 7 heteroatoms. The molecule has 0 unspecified atom stereocenters. The zero-order valence-corrected chi connectivity index (χ0v) is 22.5. The lowest BCUT2D eigenvalue weighted by Gasteiger charge is -2.49. The first-order valence-electron chi connectivity index (χ1n) is 13.1. The molecule has 1 aliphatic heterocycles. The summed E-state index contributed by atoms with van der Waals surface area (Å²) < 4.78 is 0. The Morgan fingerprint density at radius 3 is 2.53 bits per heavy atom. The molecule has 1 heterocycles. The Morgan fingerprint density at radius 2 is 1.89 bits per heavy atom. The van der Waals surface area contributed by atoms with Crippen LogP contribution in [-0.4, -0.2) is 68.4 Å². The Bertz CT molecular complexity index is 959. The molecular weight excluding hydrogens is 450 g/mol. The van der Waals surface area contributed by atoms with Crippen molar-refractivity contribution in [1.82, 2.24) is 15.1 Å². The van der Waals surface area contributed by atoms with Crippen molar-refractivity contribution < 1.29 is 9.59 Å². The number of amides is 2. The molecule has 0 bridgehead atoms. The molecule has 196 valence electrons. The molecular formula is C29H43N5O2. The summed E-state index contributed by atoms with van der Waals surface area (Å²) >= 11 is 0. The summed E-state index contributed by atoms with van der Waals surface area (Å²) in [6.07, 6.45) is 11.1. The molecule has 0 radical (unpaired) electrons. The van der Waals surface area contributed by atoms with Crippen LogP contribution in [0.3, 0.4) is 0 Å². The minimum atomic E-state index is -0.537. The van der Waals surface area contributed by atoms with Gasteiger partial charge in [-0.25, -0.2) is 4.99 Å². The van der Waals surface area contributed by atoms with Crippen LogP contribution in [-0.2, 0) is 15.1 Å². The van der Waals surface area contributed by atoms with Gasteiger partial charge in [-0.05, 0) is 70.3 Å². The number of aliphatic imine (C=N–C) groups is 2. The lowest BCUT2D eigenvalue weighted by atomic mass is 9.64. The molecule has 2 fully saturated rings. The third-order valence-electron chi connectivity index (χ3n) is 8.27. The molecule has 1 saturated carbocycles. The number of carbonyl (C=O) groups excluding carboxylic acids is 2. The lowest BCUT2D eigenvalue weighted by Crippen LogP contribution is -2.47. The number of nitrogens with one attached hydrogen (secondary N) is 1. The molecule has 1 aromatic carbocycles. The van der Waals surface area contributed by atoms with Crippen LogP contribution in [0, 0.1) is 10.8 Å². The maximum atomic E-state index is 13.0. The van der Waals surface area contributed by atoms with Crippen molar-refractivity contribution in [2.45, 2.75) is 64.3 Å². The lowest BCUT2D eigenvalue weighted by molar-refractivity contribution is -0.132. The van der Waals surface area contributed by atoms with Crippen LogP contribution < -0.4 is 5.32 Å². The first-order chi connectivity index (χ1) is 17.1. The Kier molecular flexibility index (Phi) is 9.23. The highest BCUT2D eigenvalue weighted by molar-refractivity contribution is 5.82. The summed E-state index contributed by atoms with van der Waals surface area (Å²) in [5.41, 5.74) is 0.932. The first kappa shape index (κ1) is 27.8. The van der Waals surface area contributed by atoms with Gasteiger partial charge in [0.15, 0.2) is 0 Å². The van der Waals surface area contributed by atoms with Gasteiger partial charge in [0.05, 0.1) is 0 Å². The Balaban J connectivity index is 1.51. The van der Waals surface area contributed by atoms with Crippen LogP contribution in [0.2, 0.25) is 0 Å². The number of likely N-dealkylation sites (tertiary alicyclic amines) is 1. The average Bonchev–Trinajstić information content (AvgIpc) is 3.17. The highest BCUT2D eigenvalue weighted by Gasteiger charge is 2.50. The van der Waals surface area contributed by atoms with E-state index in [2.05, 4.69) is 71.3 Å². The highest BCUT2D eigenvalue weighted by Crippen LogP contribution is 2.52. The van der Waals surface area contributed by atoms with Gasteiger partial charge in [-0.1, -0.05) is 50.3 Å². The number of carbonyl (C=O) groups is 2. The molecule has 0 atom stereocenters. The predicted octanol–water partition coefficient (Wildman–Crippen LogP) is 4.40. The van der Waals surface area contributed by atoms with Crippen molar-refractivity contribution in [2.75, 3.05) is 33.7 Å². The van der Waals surface area contributed by atoms with E-state index in [1.54, 1.807) is 6.20 Å². The van der Waals surface area contributed by atoms with E-state index in [9.17, 15) is 9.59 Å². The Hall–Kier alpha value is -2.80. The molecule has 2 aliphatic rings. The third-order valence-corrected chi connectivity index (χ3v) is 8.27. The fourth-order valence-electron chi connectivity index (χ4n) is 5.71. The molecule has 1 spiro atoms. The van der Waals surface area contributed by atoms with E-state index in [1.165, 1.54) is 11.9 Å². The van der Waals surface area contributed by atoms with E-state index in [1.807, 2.05) is 24.8 Å². The summed E-state index contributed by atoms with van der Waals surface area (Å²) in [5, 5.41) is 3.01. The molecule has 7 nitrogen and oxygen atoms in total. The van der Waals surface area contributed by atoms with Crippen LogP contribution in [0.4, 0.5) is 0 Å². The number of rotatable bonds is 11. The standard InChI is InChI=1S/C29H43N5O2/c1-27(2,26(36)32-19-10-9-18-31-23-30-3)17-20-34-22-28(21-25(34)35)13-15-29(16-14-28,33(4)5)24-11-7-6-8-12-24/h6-9,11-12,18,23H,3,10,13-17,19-22H2,1-2,4-5H3,(H,32,36)/b18-9-,31-23?. The minimum absolute atomic E-state index is 0.0183. The summed E-state index contributed by atoms with van der Waals surface area (Å²) in [7, 11) is 4.35. The van der Waals surface area contributed by atoms with E-state index in [0.29, 0.717) is 32.4 Å². The van der Waals surface area contributed by atoms with Gasteiger partial charge in [-0.3, -0.25) is 19.5 Å². The number of hydrogen-bond acceptors (Lipinski definition) is 4. The normalized spacial score (nSPS) is 24.9. The van der Waals surface area contributed by atoms with Gasteiger partial charge < -0.3 is 10.2 Å². The second kappa shape index (κ2) is 12.0. The zero-order chi connectivity index (χ0) is 26.2. The monoisotopic (exact) mass is 493 g/mol. The van der Waals surface area contributed by atoms with Crippen molar-refractivity contribution in [3.8, 4) is 0 Å². The number of benzene rings is 1. The quantitative estimate of drug-likeness (QED) is 0.282. The van der Waals surface area contributed by atoms with E-state index < -0.39 is 5.41 Å². The van der Waals surface area contributed by atoms with Crippen molar-refractivity contribution in [3.05, 3.63) is 48.2 Å². The van der Waals surface area contributed by atoms with Crippen LogP contribution in [0.25, 0.3) is 0 Å². The van der Waals surface area contributed by atoms with Gasteiger partial charge in [0, 0.05) is 43.2 Å². The third kappa shape index (κ3) is 6.49. The van der Waals surface area contributed by atoms with E-state index in [0.717, 1.165) is 32.2 Å². The summed E-state index contributed by atoms with van der Waals surface area (Å²) in [4.78, 5) is 37.6. The van der Waals surface area contributed by atoms with Crippen molar-refractivity contribution in [3.63, 3.8) is 0 Å². The maximum absolute atomic E-state index is 13.0. The van der Waals surface area contributed by atoms with E-state index in [4.69, 9.17) is 0 Å². The summed E-state index contributed by atoms with van der Waals surface area (Å²) in [6.45, 7) is 9.24. The van der Waals surface area contributed by atoms with Crippen LogP contribution in [0.1, 0.15) is 64.4 Å². The second-order valence-corrected chi connectivity index (χ2v) is 11.3. The smallest absolute Gasteiger partial charge is 0.225 e. The molecule has 3 rings (SSSR count). The van der Waals surface area contributed by atoms with Crippen LogP contribution >= 0.6 is 0 Å². The van der Waals surface area contributed by atoms with Crippen molar-refractivity contribution in [1.29, 1.82) is 0 Å². The van der Waals surface area contributed by atoms with Crippen LogP contribution in [0.5, 0.6) is 0 Å². The van der Waals surface area contributed by atoms with Gasteiger partial charge in [-0.15, -0.1) is 0 Å². The van der Waals surface area contributed by atoms with E-state index in [-0.39, 0.29) is 22.8 Å². The van der Waals surface area contributed by atoms with E-state index >= 15 is 0 Å². The molecule has 1 N–H and O–H groups in total. The van der Waals surface area contributed by atoms with Crippen LogP contribution in [0.15, 0.2) is 52.6 Å². The van der Waals surface area contributed by atoms with Gasteiger partial charge >= 0.3 is 0 Å². The Morgan fingerprint density at radius 1 is 1.19 bits per heavy atom. The van der Waals surface area contributed by atoms with Gasteiger partial charge in [-0.2, -0.15) is 0 Å². The molecule has 0 aromatic heterocycles. The summed E-state index contributed by atoms with van der Waals surface area (Å²) in [6, 6.07) is 10.8. The minimum Gasteiger partial charge on any atom is -0.355 e. The topological polar surface area (TPSA) is 77.4 Å². The van der Waals surface area contributed by atoms with Crippen molar-refractivity contribution >= 4 is 24.9 Å². The fourth-order valence-corrected chi connectivity index (χ4v) is 5.71. The molecule has 1 aliphatic carbocycles. The van der Waals surface area contributed by atoms with Gasteiger partial charge in [0.25, 0.3) is 0 Å². The number of hydrogen-bond donors (Lipinski definition) is 1. The number of nitrogens with zero attached hydrogens (tertiary/aromatic N) is 4. The highest BCUT2D eigenvalue weighted by atomic mass is 16.2. The second-order valence-electron chi connectivity index (χ2n) is 11.3. The SMILES string of the molecule is C=NC=N/C=C\CCNC(=O)C(C)(C)CCN1CC2(CCC(c3ccccc3)(N(C)C)CC2)CC1=O. The molecule has 36 heavy (non-hydrogen) atoms. The predicted molar refractivity (Wildman–Crippen MR) is 147 cm³/mol. The molecule has 2 amide bonds. The fraction of sp³-hybridized carbons (Fsp3) is 0.586.